The van der Waals surface area contributed by atoms with E-state index < -0.39 is 0 Å². The Kier molecular flexibility index (Phi) is 5.84. The number of nitrogens with zero attached hydrogens (tertiary/aromatic N) is 4. The maximum absolute atomic E-state index is 12.5. The van der Waals surface area contributed by atoms with Crippen molar-refractivity contribution in [2.45, 2.75) is 32.5 Å². The van der Waals surface area contributed by atoms with Gasteiger partial charge in [0.05, 0.1) is 30.5 Å². The number of benzene rings is 1. The van der Waals surface area contributed by atoms with Crippen molar-refractivity contribution in [3.8, 4) is 6.07 Å². The van der Waals surface area contributed by atoms with Gasteiger partial charge in [0.2, 0.25) is 5.95 Å². The highest BCUT2D eigenvalue weighted by Gasteiger charge is 2.22. The Bertz CT molecular complexity index is 864. The highest BCUT2D eigenvalue weighted by Crippen LogP contribution is 2.18. The quantitative estimate of drug-likeness (QED) is 0.737. The summed E-state index contributed by atoms with van der Waals surface area (Å²) in [5.74, 6) is 0.450. The van der Waals surface area contributed by atoms with Crippen LogP contribution in [0.4, 0.5) is 10.7 Å². The van der Waals surface area contributed by atoms with Crippen LogP contribution in [0, 0.1) is 11.3 Å². The fraction of sp³-hybridized carbons (Fsp3) is 0.368. The number of nitrogens with one attached hydrogen (secondary N) is 2. The van der Waals surface area contributed by atoms with Gasteiger partial charge in [-0.25, -0.2) is 14.8 Å². The largest absolute Gasteiger partial charge is 0.394 e. The number of hydrogen-bond donors (Lipinski definition) is 3. The molecular weight excluding hydrogens is 344 g/mol. The number of nitriles is 1. The Morgan fingerprint density at radius 2 is 2.33 bits per heavy atom. The van der Waals surface area contributed by atoms with Crippen LogP contribution in [-0.4, -0.2) is 45.2 Å². The van der Waals surface area contributed by atoms with Crippen molar-refractivity contribution in [2.24, 2.45) is 0 Å². The standard InChI is InChI=1S/C19H22N6O2/c1-13(12-26)23-18-21-10-16-5-6-25(11-17(16)24-18)19(27)22-9-15-4-2-3-14(7-15)8-20/h2-4,7,10,13,26H,5-6,9,11-12H2,1H3,(H,22,27)(H,21,23,24)/t13-/m0/s1. The molecular formula is C19H22N6O2. The van der Waals surface area contributed by atoms with Crippen molar-refractivity contribution in [1.29, 1.82) is 5.26 Å². The minimum absolute atomic E-state index is 0.0119. The molecule has 8 heteroatoms. The summed E-state index contributed by atoms with van der Waals surface area (Å²) in [4.78, 5) is 23.0. The predicted molar refractivity (Wildman–Crippen MR) is 99.7 cm³/mol. The van der Waals surface area contributed by atoms with Crippen LogP contribution in [0.5, 0.6) is 0 Å². The van der Waals surface area contributed by atoms with Gasteiger partial charge in [-0.05, 0) is 36.6 Å². The highest BCUT2D eigenvalue weighted by atomic mass is 16.3. The van der Waals surface area contributed by atoms with Crippen LogP contribution in [0.25, 0.3) is 0 Å². The van der Waals surface area contributed by atoms with Crippen LogP contribution in [0.3, 0.4) is 0 Å². The third-order valence-corrected chi connectivity index (χ3v) is 4.38. The highest BCUT2D eigenvalue weighted by molar-refractivity contribution is 5.74. The van der Waals surface area contributed by atoms with Crippen LogP contribution in [0.15, 0.2) is 30.5 Å². The molecule has 1 aromatic carbocycles. The molecule has 0 saturated carbocycles. The van der Waals surface area contributed by atoms with Gasteiger partial charge in [0.25, 0.3) is 0 Å². The van der Waals surface area contributed by atoms with Gasteiger partial charge in [0, 0.05) is 25.3 Å². The number of hydrogen-bond acceptors (Lipinski definition) is 6. The molecule has 0 bridgehead atoms. The van der Waals surface area contributed by atoms with Gasteiger partial charge in [0.15, 0.2) is 0 Å². The zero-order chi connectivity index (χ0) is 19.2. The second kappa shape index (κ2) is 8.47. The predicted octanol–water partition coefficient (Wildman–Crippen LogP) is 1.41. The minimum Gasteiger partial charge on any atom is -0.394 e. The van der Waals surface area contributed by atoms with E-state index >= 15 is 0 Å². The topological polar surface area (TPSA) is 114 Å². The molecule has 0 fully saturated rings. The van der Waals surface area contributed by atoms with Gasteiger partial charge in [-0.1, -0.05) is 12.1 Å². The van der Waals surface area contributed by atoms with E-state index in [1.54, 1.807) is 29.3 Å². The summed E-state index contributed by atoms with van der Waals surface area (Å²) in [5, 5.41) is 24.0. The first-order chi connectivity index (χ1) is 13.1. The summed E-state index contributed by atoms with van der Waals surface area (Å²) in [6.07, 6.45) is 2.47. The van der Waals surface area contributed by atoms with Crippen LogP contribution in [0.2, 0.25) is 0 Å². The summed E-state index contributed by atoms with van der Waals surface area (Å²) < 4.78 is 0. The molecule has 1 atom stereocenters. The molecule has 27 heavy (non-hydrogen) atoms. The Labute approximate surface area is 157 Å². The van der Waals surface area contributed by atoms with E-state index in [1.807, 2.05) is 13.0 Å². The molecule has 2 amide bonds. The molecule has 1 aromatic heterocycles. The van der Waals surface area contributed by atoms with Crippen LogP contribution in [-0.2, 0) is 19.5 Å². The number of fused-ring (bicyclic) bond motifs is 1. The van der Waals surface area contributed by atoms with Crippen molar-refractivity contribution in [3.05, 3.63) is 52.8 Å². The Morgan fingerprint density at radius 3 is 3.11 bits per heavy atom. The van der Waals surface area contributed by atoms with Crippen molar-refractivity contribution < 1.29 is 9.90 Å². The Morgan fingerprint density at radius 1 is 1.48 bits per heavy atom. The molecule has 0 radical (unpaired) electrons. The fourth-order valence-electron chi connectivity index (χ4n) is 2.85. The molecule has 8 nitrogen and oxygen atoms in total. The molecule has 3 rings (SSSR count). The Hall–Kier alpha value is -3.18. The van der Waals surface area contributed by atoms with Crippen molar-refractivity contribution in [1.82, 2.24) is 20.2 Å². The maximum Gasteiger partial charge on any atom is 0.318 e. The van der Waals surface area contributed by atoms with Crippen molar-refractivity contribution in [2.75, 3.05) is 18.5 Å². The molecule has 0 unspecified atom stereocenters. The van der Waals surface area contributed by atoms with Crippen molar-refractivity contribution in [3.63, 3.8) is 0 Å². The molecule has 0 saturated heterocycles. The normalized spacial score (nSPS) is 14.0. The van der Waals surface area contributed by atoms with E-state index in [2.05, 4.69) is 26.7 Å². The second-order valence-electron chi connectivity index (χ2n) is 6.54. The first-order valence-corrected chi connectivity index (χ1v) is 8.83. The van der Waals surface area contributed by atoms with E-state index in [0.29, 0.717) is 37.6 Å². The summed E-state index contributed by atoms with van der Waals surface area (Å²) in [6, 6.07) is 8.96. The number of amides is 2. The molecule has 1 aliphatic rings. The number of anilines is 1. The lowest BCUT2D eigenvalue weighted by atomic mass is 10.1. The van der Waals surface area contributed by atoms with E-state index in [4.69, 9.17) is 10.4 Å². The SMILES string of the molecule is C[C@@H](CO)Nc1ncc2c(n1)CN(C(=O)NCc1cccc(C#N)c1)CC2. The monoisotopic (exact) mass is 366 g/mol. The van der Waals surface area contributed by atoms with Gasteiger partial charge >= 0.3 is 6.03 Å². The number of aromatic nitrogens is 2. The van der Waals surface area contributed by atoms with Gasteiger partial charge in [-0.15, -0.1) is 0 Å². The smallest absolute Gasteiger partial charge is 0.318 e. The van der Waals surface area contributed by atoms with E-state index in [1.165, 1.54) is 0 Å². The number of urea groups is 1. The summed E-state index contributed by atoms with van der Waals surface area (Å²) in [7, 11) is 0. The first kappa shape index (κ1) is 18.6. The van der Waals surface area contributed by atoms with E-state index in [-0.39, 0.29) is 18.7 Å². The summed E-state index contributed by atoms with van der Waals surface area (Å²) in [6.45, 7) is 3.19. The van der Waals surface area contributed by atoms with E-state index in [0.717, 1.165) is 16.8 Å². The second-order valence-corrected chi connectivity index (χ2v) is 6.54. The first-order valence-electron chi connectivity index (χ1n) is 8.83. The van der Waals surface area contributed by atoms with Gasteiger partial charge in [0.1, 0.15) is 0 Å². The van der Waals surface area contributed by atoms with Gasteiger partial charge in [-0.3, -0.25) is 0 Å². The zero-order valence-corrected chi connectivity index (χ0v) is 15.1. The number of aliphatic hydroxyl groups is 1. The number of carbonyl (C=O) groups excluding carboxylic acids is 1. The maximum atomic E-state index is 12.5. The average molecular weight is 366 g/mol. The Balaban J connectivity index is 1.61. The van der Waals surface area contributed by atoms with Gasteiger partial charge in [-0.2, -0.15) is 5.26 Å². The number of carbonyl (C=O) groups is 1. The van der Waals surface area contributed by atoms with Crippen LogP contribution in [0.1, 0.15) is 29.3 Å². The third-order valence-electron chi connectivity index (χ3n) is 4.38. The summed E-state index contributed by atoms with van der Waals surface area (Å²) >= 11 is 0. The van der Waals surface area contributed by atoms with Crippen LogP contribution >= 0.6 is 0 Å². The molecule has 3 N–H and O–H groups in total. The van der Waals surface area contributed by atoms with Gasteiger partial charge < -0.3 is 20.6 Å². The van der Waals surface area contributed by atoms with E-state index in [9.17, 15) is 4.79 Å². The summed E-state index contributed by atoms with van der Waals surface area (Å²) in [5.41, 5.74) is 3.29. The number of rotatable bonds is 5. The average Bonchev–Trinajstić information content (AvgIpc) is 2.71. The molecule has 140 valence electrons. The lowest BCUT2D eigenvalue weighted by Crippen LogP contribution is -2.42. The lowest BCUT2D eigenvalue weighted by Gasteiger charge is -2.28. The molecule has 2 heterocycles. The zero-order valence-electron chi connectivity index (χ0n) is 15.1. The van der Waals surface area contributed by atoms with Crippen molar-refractivity contribution >= 4 is 12.0 Å². The molecule has 0 aliphatic carbocycles. The minimum atomic E-state index is -0.167. The fourth-order valence-corrected chi connectivity index (χ4v) is 2.85. The third kappa shape index (κ3) is 4.71. The lowest BCUT2D eigenvalue weighted by molar-refractivity contribution is 0.191. The number of aliphatic hydroxyl groups excluding tert-OH is 1. The van der Waals surface area contributed by atoms with Crippen LogP contribution < -0.4 is 10.6 Å². The molecule has 1 aliphatic heterocycles. The molecule has 0 spiro atoms. The molecule has 2 aromatic rings.